The van der Waals surface area contributed by atoms with E-state index < -0.39 is 0 Å². The Morgan fingerprint density at radius 3 is 2.81 bits per heavy atom. The molecule has 0 radical (unpaired) electrons. The van der Waals surface area contributed by atoms with Crippen LogP contribution in [0.25, 0.3) is 0 Å². The topological polar surface area (TPSA) is 87.8 Å². The summed E-state index contributed by atoms with van der Waals surface area (Å²) >= 11 is 6.00. The molecule has 1 amide bonds. The molecule has 0 fully saturated rings. The summed E-state index contributed by atoms with van der Waals surface area (Å²) in [5, 5.41) is 12.1. The maximum atomic E-state index is 11.9. The molecule has 0 unspecified atom stereocenters. The average Bonchev–Trinajstić information content (AvgIpc) is 2.45. The minimum atomic E-state index is -0.137. The number of nitrogens with one attached hydrogen (secondary N) is 1. The van der Waals surface area contributed by atoms with Gasteiger partial charge in [0.25, 0.3) is 0 Å². The van der Waals surface area contributed by atoms with Gasteiger partial charge in [0, 0.05) is 38.9 Å². The van der Waals surface area contributed by atoms with E-state index in [-0.39, 0.29) is 12.5 Å². The van der Waals surface area contributed by atoms with Gasteiger partial charge in [-0.05, 0) is 18.2 Å². The molecule has 1 rings (SSSR count). The number of aliphatic hydroxyl groups is 1. The number of methoxy groups -OCH3 is 1. The van der Waals surface area contributed by atoms with Crippen molar-refractivity contribution in [2.24, 2.45) is 0 Å². The Morgan fingerprint density at radius 2 is 2.19 bits per heavy atom. The number of aliphatic hydroxyl groups excluding tert-OH is 1. The van der Waals surface area contributed by atoms with Crippen LogP contribution >= 0.6 is 11.6 Å². The van der Waals surface area contributed by atoms with Gasteiger partial charge in [-0.25, -0.2) is 0 Å². The number of nitrogens with two attached hydrogens (primary N) is 1. The molecule has 0 aliphatic carbocycles. The van der Waals surface area contributed by atoms with Gasteiger partial charge in [0.2, 0.25) is 5.91 Å². The van der Waals surface area contributed by atoms with Gasteiger partial charge < -0.3 is 20.9 Å². The van der Waals surface area contributed by atoms with E-state index in [1.807, 2.05) is 4.90 Å². The molecule has 0 atom stereocenters. The highest BCUT2D eigenvalue weighted by Crippen LogP contribution is 2.24. The number of carbonyl (C=O) groups is 1. The van der Waals surface area contributed by atoms with Crippen LogP contribution < -0.4 is 11.1 Å². The third kappa shape index (κ3) is 6.77. The molecule has 0 spiro atoms. The monoisotopic (exact) mass is 315 g/mol. The number of nitrogen functional groups attached to an aromatic ring is 1. The molecular weight excluding hydrogens is 294 g/mol. The molecule has 0 heterocycles. The highest BCUT2D eigenvalue weighted by atomic mass is 35.5. The number of hydrogen-bond donors (Lipinski definition) is 3. The van der Waals surface area contributed by atoms with Crippen molar-refractivity contribution in [1.82, 2.24) is 4.90 Å². The number of amides is 1. The zero-order chi connectivity index (χ0) is 15.7. The van der Waals surface area contributed by atoms with Crippen molar-refractivity contribution in [2.45, 2.75) is 6.42 Å². The van der Waals surface area contributed by atoms with Crippen LogP contribution in [0.3, 0.4) is 0 Å². The normalized spacial score (nSPS) is 10.9. The second-order valence-corrected chi connectivity index (χ2v) is 5.00. The summed E-state index contributed by atoms with van der Waals surface area (Å²) in [6.45, 7) is 2.34. The molecule has 0 bridgehead atoms. The summed E-state index contributed by atoms with van der Waals surface area (Å²) in [6.07, 6.45) is 0.310. The Balaban J connectivity index is 2.44. The lowest BCUT2D eigenvalue weighted by atomic mass is 10.2. The first-order valence-electron chi connectivity index (χ1n) is 6.74. The minimum absolute atomic E-state index is 0.0507. The van der Waals surface area contributed by atoms with Gasteiger partial charge in [0.1, 0.15) is 0 Å². The van der Waals surface area contributed by atoms with E-state index in [1.165, 1.54) is 0 Å². The van der Waals surface area contributed by atoms with Gasteiger partial charge in [-0.1, -0.05) is 11.6 Å². The molecule has 1 aromatic rings. The second-order valence-electron chi connectivity index (χ2n) is 4.60. The van der Waals surface area contributed by atoms with E-state index in [1.54, 1.807) is 25.3 Å². The zero-order valence-corrected chi connectivity index (χ0v) is 12.9. The lowest BCUT2D eigenvalue weighted by Gasteiger charge is -2.20. The summed E-state index contributed by atoms with van der Waals surface area (Å²) < 4.78 is 4.99. The van der Waals surface area contributed by atoms with Crippen LogP contribution in [0.2, 0.25) is 5.02 Å². The highest BCUT2D eigenvalue weighted by molar-refractivity contribution is 6.34. The first-order valence-corrected chi connectivity index (χ1v) is 7.11. The second kappa shape index (κ2) is 9.57. The molecule has 4 N–H and O–H groups in total. The standard InChI is InChI=1S/C14H22ClN3O3/c1-21-9-7-18(6-8-19)5-4-14(20)17-13-3-2-11(16)10-12(13)15/h2-3,10,19H,4-9,16H2,1H3,(H,17,20). The molecule has 0 aliphatic rings. The molecule has 6 nitrogen and oxygen atoms in total. The Bertz CT molecular complexity index is 457. The maximum Gasteiger partial charge on any atom is 0.225 e. The van der Waals surface area contributed by atoms with Crippen LogP contribution in [0.15, 0.2) is 18.2 Å². The number of hydrogen-bond acceptors (Lipinski definition) is 5. The van der Waals surface area contributed by atoms with Crippen molar-refractivity contribution in [3.63, 3.8) is 0 Å². The fourth-order valence-corrected chi connectivity index (χ4v) is 2.04. The quantitative estimate of drug-likeness (QED) is 0.596. The van der Waals surface area contributed by atoms with Crippen molar-refractivity contribution in [3.8, 4) is 0 Å². The van der Waals surface area contributed by atoms with Gasteiger partial charge in [-0.15, -0.1) is 0 Å². The van der Waals surface area contributed by atoms with Gasteiger partial charge in [-0.2, -0.15) is 0 Å². The van der Waals surface area contributed by atoms with Gasteiger partial charge >= 0.3 is 0 Å². The third-order valence-electron chi connectivity index (χ3n) is 2.95. The van der Waals surface area contributed by atoms with E-state index in [0.29, 0.717) is 49.1 Å². The molecular formula is C14H22ClN3O3. The van der Waals surface area contributed by atoms with E-state index in [9.17, 15) is 4.79 Å². The van der Waals surface area contributed by atoms with Crippen LogP contribution in [-0.4, -0.2) is 55.9 Å². The predicted molar refractivity (Wildman–Crippen MR) is 84.5 cm³/mol. The van der Waals surface area contributed by atoms with Crippen LogP contribution in [0, 0.1) is 0 Å². The van der Waals surface area contributed by atoms with Crippen molar-refractivity contribution in [3.05, 3.63) is 23.2 Å². The van der Waals surface area contributed by atoms with E-state index >= 15 is 0 Å². The fourth-order valence-electron chi connectivity index (χ4n) is 1.80. The number of halogens is 1. The zero-order valence-electron chi connectivity index (χ0n) is 12.1. The van der Waals surface area contributed by atoms with Crippen LogP contribution in [0.5, 0.6) is 0 Å². The number of benzene rings is 1. The van der Waals surface area contributed by atoms with Crippen LogP contribution in [-0.2, 0) is 9.53 Å². The van der Waals surface area contributed by atoms with Gasteiger partial charge in [-0.3, -0.25) is 9.69 Å². The Labute approximate surface area is 129 Å². The summed E-state index contributed by atoms with van der Waals surface area (Å²) in [4.78, 5) is 13.9. The Morgan fingerprint density at radius 1 is 1.43 bits per heavy atom. The number of rotatable bonds is 9. The molecule has 0 aromatic heterocycles. The molecule has 0 aliphatic heterocycles. The highest BCUT2D eigenvalue weighted by Gasteiger charge is 2.09. The lowest BCUT2D eigenvalue weighted by Crippen LogP contribution is -2.33. The minimum Gasteiger partial charge on any atom is -0.399 e. The number of anilines is 2. The molecule has 0 saturated heterocycles. The van der Waals surface area contributed by atoms with Crippen LogP contribution in [0.1, 0.15) is 6.42 Å². The van der Waals surface area contributed by atoms with E-state index in [2.05, 4.69) is 5.32 Å². The Kier molecular flexibility index (Phi) is 8.07. The van der Waals surface area contributed by atoms with Gasteiger partial charge in [0.05, 0.1) is 23.9 Å². The molecule has 0 saturated carbocycles. The van der Waals surface area contributed by atoms with Crippen molar-refractivity contribution in [2.75, 3.05) is 51.0 Å². The molecule has 21 heavy (non-hydrogen) atoms. The van der Waals surface area contributed by atoms with E-state index in [0.717, 1.165) is 0 Å². The van der Waals surface area contributed by atoms with Crippen molar-refractivity contribution in [1.29, 1.82) is 0 Å². The third-order valence-corrected chi connectivity index (χ3v) is 3.26. The first kappa shape index (κ1) is 17.7. The predicted octanol–water partition coefficient (Wildman–Crippen LogP) is 1.19. The van der Waals surface area contributed by atoms with Gasteiger partial charge in [0.15, 0.2) is 0 Å². The van der Waals surface area contributed by atoms with E-state index in [4.69, 9.17) is 27.2 Å². The Hall–Kier alpha value is -1.34. The number of carbonyl (C=O) groups excluding carboxylic acids is 1. The smallest absolute Gasteiger partial charge is 0.225 e. The first-order chi connectivity index (χ1) is 10.1. The summed E-state index contributed by atoms with van der Waals surface area (Å²) in [5.74, 6) is -0.137. The number of ether oxygens (including phenoxy) is 1. The fraction of sp³-hybridized carbons (Fsp3) is 0.500. The van der Waals surface area contributed by atoms with Crippen molar-refractivity contribution >= 4 is 28.9 Å². The largest absolute Gasteiger partial charge is 0.399 e. The molecule has 7 heteroatoms. The number of nitrogens with zero attached hydrogens (tertiary/aromatic N) is 1. The molecule has 118 valence electrons. The van der Waals surface area contributed by atoms with Crippen LogP contribution in [0.4, 0.5) is 11.4 Å². The SMILES string of the molecule is COCCN(CCO)CCC(=O)Nc1ccc(N)cc1Cl. The summed E-state index contributed by atoms with van der Waals surface area (Å²) in [7, 11) is 1.62. The van der Waals surface area contributed by atoms with Crippen molar-refractivity contribution < 1.29 is 14.6 Å². The summed E-state index contributed by atoms with van der Waals surface area (Å²) in [6, 6.07) is 4.94. The molecule has 1 aromatic carbocycles. The summed E-state index contributed by atoms with van der Waals surface area (Å²) in [5.41, 5.74) is 6.69. The lowest BCUT2D eigenvalue weighted by molar-refractivity contribution is -0.116. The average molecular weight is 316 g/mol. The maximum absolute atomic E-state index is 11.9.